The normalized spacial score (nSPS) is 15.8. The molecule has 1 aliphatic heterocycles. The van der Waals surface area contributed by atoms with E-state index < -0.39 is 11.8 Å². The number of hydrogen-bond donors (Lipinski definition) is 3. The molecule has 0 aromatic heterocycles. The molecule has 0 saturated heterocycles. The molecule has 7 heteroatoms. The number of carbonyl (C=O) groups is 1. The largest absolute Gasteiger partial charge is 0.494 e. The second-order valence-corrected chi connectivity index (χ2v) is 10.3. The van der Waals surface area contributed by atoms with Gasteiger partial charge in [-0.25, -0.2) is 4.39 Å². The second kappa shape index (κ2) is 13.0. The number of halogens is 1. The summed E-state index contributed by atoms with van der Waals surface area (Å²) >= 11 is 0. The number of aliphatic hydroxyl groups is 1. The van der Waals surface area contributed by atoms with Gasteiger partial charge in [-0.2, -0.15) is 0 Å². The number of aryl methyl sites for hydroxylation is 3. The number of carboxylic acid groups (broad SMARTS) is 1. The Hall–Kier alpha value is -3.58. The first-order valence-corrected chi connectivity index (χ1v) is 13.6. The van der Waals surface area contributed by atoms with Gasteiger partial charge in [-0.3, -0.25) is 4.79 Å². The van der Waals surface area contributed by atoms with E-state index in [4.69, 9.17) is 19.7 Å². The van der Waals surface area contributed by atoms with Crippen molar-refractivity contribution in [3.8, 4) is 22.6 Å². The van der Waals surface area contributed by atoms with E-state index in [0.717, 1.165) is 42.9 Å². The van der Waals surface area contributed by atoms with Crippen LogP contribution in [0.5, 0.6) is 11.5 Å². The Morgan fingerprint density at radius 3 is 2.54 bits per heavy atom. The van der Waals surface area contributed by atoms with Crippen LogP contribution < -0.4 is 14.8 Å². The number of carboxylic acids is 1. The molecule has 1 atom stereocenters. The van der Waals surface area contributed by atoms with Crippen LogP contribution in [-0.4, -0.2) is 36.5 Å². The van der Waals surface area contributed by atoms with Crippen molar-refractivity contribution in [3.63, 3.8) is 0 Å². The molecule has 2 aliphatic rings. The molecule has 3 aromatic carbocycles. The van der Waals surface area contributed by atoms with E-state index in [2.05, 4.69) is 49.5 Å². The highest BCUT2D eigenvalue weighted by atomic mass is 19.1. The summed E-state index contributed by atoms with van der Waals surface area (Å²) in [5, 5.41) is 19.3. The molecule has 1 saturated carbocycles. The molecule has 5 rings (SSSR count). The van der Waals surface area contributed by atoms with Gasteiger partial charge in [0, 0.05) is 19.6 Å². The zero-order chi connectivity index (χ0) is 27.9. The third-order valence-corrected chi connectivity index (χ3v) is 7.30. The first-order chi connectivity index (χ1) is 18.9. The van der Waals surface area contributed by atoms with Gasteiger partial charge in [0.15, 0.2) is 0 Å². The Labute approximate surface area is 229 Å². The van der Waals surface area contributed by atoms with E-state index in [1.54, 1.807) is 6.07 Å². The summed E-state index contributed by atoms with van der Waals surface area (Å²) in [6.45, 7) is 5.40. The fourth-order valence-electron chi connectivity index (χ4n) is 5.18. The predicted octanol–water partition coefficient (Wildman–Crippen LogP) is 6.85. The summed E-state index contributed by atoms with van der Waals surface area (Å²) in [5.41, 5.74) is 6.64. The third-order valence-electron chi connectivity index (χ3n) is 7.30. The third kappa shape index (κ3) is 7.30. The monoisotopic (exact) mass is 535 g/mol. The van der Waals surface area contributed by atoms with Crippen LogP contribution in [0, 0.1) is 25.6 Å². The topological polar surface area (TPSA) is 88.0 Å². The molecule has 1 fully saturated rings. The summed E-state index contributed by atoms with van der Waals surface area (Å²) in [5.74, 6) is 1.03. The summed E-state index contributed by atoms with van der Waals surface area (Å²) < 4.78 is 26.6. The fraction of sp³-hybridized carbons (Fsp3) is 0.406. The van der Waals surface area contributed by atoms with Crippen molar-refractivity contribution in [3.05, 3.63) is 76.6 Å². The maximum absolute atomic E-state index is 14.6. The number of ether oxygens (including phenoxy) is 2. The molecule has 0 bridgehead atoms. The maximum atomic E-state index is 14.6. The van der Waals surface area contributed by atoms with E-state index in [-0.39, 0.29) is 18.9 Å². The lowest BCUT2D eigenvalue weighted by atomic mass is 9.92. The average Bonchev–Trinajstić information content (AvgIpc) is 3.75. The zero-order valence-corrected chi connectivity index (χ0v) is 22.9. The molecule has 3 N–H and O–H groups in total. The minimum absolute atomic E-state index is 0.120. The van der Waals surface area contributed by atoms with Crippen LogP contribution in [-0.2, 0) is 11.2 Å². The van der Waals surface area contributed by atoms with E-state index in [1.807, 2.05) is 6.07 Å². The van der Waals surface area contributed by atoms with Crippen molar-refractivity contribution in [2.24, 2.45) is 5.92 Å². The van der Waals surface area contributed by atoms with Gasteiger partial charge >= 0.3 is 5.97 Å². The van der Waals surface area contributed by atoms with Gasteiger partial charge in [-0.15, -0.1) is 0 Å². The molecule has 0 spiro atoms. The number of aliphatic hydroxyl groups excluding tert-OH is 1. The summed E-state index contributed by atoms with van der Waals surface area (Å²) in [6.07, 6.45) is 5.16. The molecule has 1 aliphatic carbocycles. The number of hydrogen-bond acceptors (Lipinski definition) is 5. The van der Waals surface area contributed by atoms with Crippen LogP contribution in [0.15, 0.2) is 48.5 Å². The molecule has 39 heavy (non-hydrogen) atoms. The number of fused-ring (bicyclic) bond motifs is 1. The number of rotatable bonds is 10. The van der Waals surface area contributed by atoms with Crippen LogP contribution >= 0.6 is 0 Å². The molecule has 0 radical (unpaired) electrons. The SMILES string of the molecule is CO.Cc1cc(OCCCC2CC2)cc(C)c1-c1cccc(C2COc3cc(CCC(=O)O)c(F)cc3N2)c1. The summed E-state index contributed by atoms with van der Waals surface area (Å²) in [7, 11) is 1.00. The van der Waals surface area contributed by atoms with E-state index >= 15 is 0 Å². The van der Waals surface area contributed by atoms with E-state index in [0.29, 0.717) is 23.6 Å². The van der Waals surface area contributed by atoms with Crippen molar-refractivity contribution >= 4 is 11.7 Å². The molecular formula is C32H38FNO5. The van der Waals surface area contributed by atoms with Crippen molar-refractivity contribution < 1.29 is 28.9 Å². The first-order valence-electron chi connectivity index (χ1n) is 13.6. The van der Waals surface area contributed by atoms with Gasteiger partial charge in [0.05, 0.1) is 18.3 Å². The lowest BCUT2D eigenvalue weighted by Crippen LogP contribution is -2.24. The molecule has 0 amide bonds. The Kier molecular flexibility index (Phi) is 9.46. The van der Waals surface area contributed by atoms with Gasteiger partial charge in [0.1, 0.15) is 23.9 Å². The van der Waals surface area contributed by atoms with Crippen molar-refractivity contribution in [1.29, 1.82) is 0 Å². The van der Waals surface area contributed by atoms with Gasteiger partial charge in [0.25, 0.3) is 0 Å². The Balaban J connectivity index is 0.00000172. The van der Waals surface area contributed by atoms with Crippen LogP contribution in [0.2, 0.25) is 0 Å². The molecular weight excluding hydrogens is 497 g/mol. The smallest absolute Gasteiger partial charge is 0.303 e. The van der Waals surface area contributed by atoms with E-state index in [1.165, 1.54) is 42.0 Å². The fourth-order valence-corrected chi connectivity index (χ4v) is 5.18. The highest BCUT2D eigenvalue weighted by Gasteiger charge is 2.23. The number of aliphatic carboxylic acids is 1. The van der Waals surface area contributed by atoms with Crippen molar-refractivity contribution in [2.75, 3.05) is 25.6 Å². The molecule has 1 unspecified atom stereocenters. The van der Waals surface area contributed by atoms with Crippen LogP contribution in [0.3, 0.4) is 0 Å². The number of benzene rings is 3. The minimum Gasteiger partial charge on any atom is -0.494 e. The lowest BCUT2D eigenvalue weighted by molar-refractivity contribution is -0.136. The van der Waals surface area contributed by atoms with Crippen LogP contribution in [0.4, 0.5) is 10.1 Å². The highest BCUT2D eigenvalue weighted by Crippen LogP contribution is 2.38. The number of nitrogens with one attached hydrogen (secondary N) is 1. The molecule has 6 nitrogen and oxygen atoms in total. The number of anilines is 1. The Bertz CT molecular complexity index is 1280. The summed E-state index contributed by atoms with van der Waals surface area (Å²) in [4.78, 5) is 10.9. The van der Waals surface area contributed by atoms with Gasteiger partial charge in [0.2, 0.25) is 0 Å². The van der Waals surface area contributed by atoms with Gasteiger partial charge < -0.3 is 25.0 Å². The lowest BCUT2D eigenvalue weighted by Gasteiger charge is -2.29. The molecule has 208 valence electrons. The van der Waals surface area contributed by atoms with E-state index in [9.17, 15) is 9.18 Å². The van der Waals surface area contributed by atoms with Gasteiger partial charge in [-0.05, 0) is 96.7 Å². The van der Waals surface area contributed by atoms with Crippen molar-refractivity contribution in [1.82, 2.24) is 0 Å². The second-order valence-electron chi connectivity index (χ2n) is 10.3. The molecule has 1 heterocycles. The minimum atomic E-state index is -0.951. The predicted molar refractivity (Wildman–Crippen MR) is 151 cm³/mol. The average molecular weight is 536 g/mol. The van der Waals surface area contributed by atoms with Crippen LogP contribution in [0.25, 0.3) is 11.1 Å². The Morgan fingerprint density at radius 2 is 1.85 bits per heavy atom. The summed E-state index contributed by atoms with van der Waals surface area (Å²) in [6, 6.07) is 15.5. The highest BCUT2D eigenvalue weighted by molar-refractivity contribution is 5.73. The zero-order valence-electron chi connectivity index (χ0n) is 22.9. The molecule has 3 aromatic rings. The quantitative estimate of drug-likeness (QED) is 0.246. The van der Waals surface area contributed by atoms with Crippen molar-refractivity contribution in [2.45, 2.75) is 58.4 Å². The standard InChI is InChI=1S/C31H34FNO4.CH4O/c1-19-13-25(36-12-4-5-21-8-9-21)14-20(2)31(19)24-7-3-6-23(15-24)28-18-37-29-16-22(10-11-30(34)35)26(32)17-27(29)33-28;1-2/h3,6-7,13-17,21,28,33H,4-5,8-12,18H2,1-2H3,(H,34,35);2H,1H3. The Morgan fingerprint density at radius 1 is 1.10 bits per heavy atom. The van der Waals surface area contributed by atoms with Gasteiger partial charge in [-0.1, -0.05) is 31.0 Å². The van der Waals surface area contributed by atoms with Crippen LogP contribution in [0.1, 0.15) is 60.4 Å². The first kappa shape index (κ1) is 28.4. The maximum Gasteiger partial charge on any atom is 0.303 e.